The van der Waals surface area contributed by atoms with Crippen molar-refractivity contribution in [3.63, 3.8) is 0 Å². The van der Waals surface area contributed by atoms with Gasteiger partial charge in [0.15, 0.2) is 0 Å². The van der Waals surface area contributed by atoms with E-state index >= 15 is 0 Å². The molecule has 0 aromatic heterocycles. The number of hydrogen-bond acceptors (Lipinski definition) is 4. The van der Waals surface area contributed by atoms with Crippen LogP contribution in [-0.2, 0) is 10.0 Å². The Hall–Kier alpha value is -2.42. The monoisotopic (exact) mass is 422 g/mol. The number of sulfonamides is 1. The minimum Gasteiger partial charge on any atom is -0.356 e. The van der Waals surface area contributed by atoms with E-state index in [1.54, 1.807) is 6.92 Å². The van der Waals surface area contributed by atoms with Gasteiger partial charge in [-0.05, 0) is 50.8 Å². The van der Waals surface area contributed by atoms with Crippen LogP contribution in [0.2, 0.25) is 0 Å². The van der Waals surface area contributed by atoms with E-state index in [-0.39, 0.29) is 23.0 Å². The number of nitrogens with one attached hydrogen (secondary N) is 2. The van der Waals surface area contributed by atoms with Crippen LogP contribution in [0.3, 0.4) is 0 Å². The molecule has 7 nitrogen and oxygen atoms in total. The normalized spacial score (nSPS) is 20.4. The highest BCUT2D eigenvalue weighted by atomic mass is 32.2. The zero-order valence-electron chi connectivity index (χ0n) is 16.9. The van der Waals surface area contributed by atoms with Gasteiger partial charge in [-0.25, -0.2) is 9.18 Å². The van der Waals surface area contributed by atoms with Crippen molar-refractivity contribution in [2.45, 2.75) is 52.1 Å². The van der Waals surface area contributed by atoms with Gasteiger partial charge >= 0.3 is 6.03 Å². The van der Waals surface area contributed by atoms with Crippen molar-refractivity contribution in [3.05, 3.63) is 41.2 Å². The Balaban J connectivity index is 1.68. The predicted octanol–water partition coefficient (Wildman–Crippen LogP) is 2.86. The van der Waals surface area contributed by atoms with Crippen LogP contribution < -0.4 is 10.6 Å². The Morgan fingerprint density at radius 2 is 1.90 bits per heavy atom. The number of carbonyl (C=O) groups is 1. The van der Waals surface area contributed by atoms with Gasteiger partial charge in [0.1, 0.15) is 16.6 Å². The van der Waals surface area contributed by atoms with Crippen molar-refractivity contribution < 1.29 is 17.6 Å². The van der Waals surface area contributed by atoms with Crippen molar-refractivity contribution >= 4 is 26.8 Å². The Morgan fingerprint density at radius 3 is 2.48 bits per heavy atom. The molecule has 2 heterocycles. The number of hydrogen-bond donors (Lipinski definition) is 2. The molecule has 158 valence electrons. The van der Waals surface area contributed by atoms with E-state index in [1.807, 2.05) is 18.7 Å². The number of likely N-dealkylation sites (tertiary alicyclic amines) is 1. The second kappa shape index (κ2) is 8.52. The first kappa shape index (κ1) is 21.3. The molecule has 3 rings (SSSR count). The summed E-state index contributed by atoms with van der Waals surface area (Å²) in [7, 11) is -3.83. The SMILES string of the molecule is CCC(C)NC(=O)NC1CCN(C2=NS(=O)(=O)C(c3ccc(F)cc3)=C2C)CC1. The van der Waals surface area contributed by atoms with Crippen LogP contribution in [0.15, 0.2) is 34.2 Å². The summed E-state index contributed by atoms with van der Waals surface area (Å²) in [6.45, 7) is 6.88. The topological polar surface area (TPSA) is 90.9 Å². The first-order valence-corrected chi connectivity index (χ1v) is 11.3. The molecule has 1 aromatic rings. The number of piperidine rings is 1. The number of rotatable bonds is 4. The molecule has 0 bridgehead atoms. The molecule has 1 aromatic carbocycles. The van der Waals surface area contributed by atoms with Crippen LogP contribution in [0.25, 0.3) is 4.91 Å². The highest BCUT2D eigenvalue weighted by Gasteiger charge is 2.35. The van der Waals surface area contributed by atoms with Crippen molar-refractivity contribution in [2.24, 2.45) is 4.40 Å². The number of benzene rings is 1. The molecule has 0 spiro atoms. The highest BCUT2D eigenvalue weighted by Crippen LogP contribution is 2.34. The molecule has 1 atom stereocenters. The second-order valence-electron chi connectivity index (χ2n) is 7.54. The third kappa shape index (κ3) is 4.77. The third-order valence-corrected chi connectivity index (χ3v) is 6.84. The van der Waals surface area contributed by atoms with Crippen LogP contribution in [0.4, 0.5) is 9.18 Å². The average Bonchev–Trinajstić information content (AvgIpc) is 2.92. The molecule has 2 N–H and O–H groups in total. The fraction of sp³-hybridized carbons (Fsp3) is 0.500. The Kier molecular flexibility index (Phi) is 6.26. The lowest BCUT2D eigenvalue weighted by Gasteiger charge is -2.34. The fourth-order valence-corrected chi connectivity index (χ4v) is 5.06. The number of amides is 2. The lowest BCUT2D eigenvalue weighted by molar-refractivity contribution is 0.223. The maximum absolute atomic E-state index is 13.2. The summed E-state index contributed by atoms with van der Waals surface area (Å²) in [5.41, 5.74) is 0.999. The minimum atomic E-state index is -3.83. The van der Waals surface area contributed by atoms with E-state index in [9.17, 15) is 17.6 Å². The Morgan fingerprint density at radius 1 is 1.28 bits per heavy atom. The average molecular weight is 423 g/mol. The minimum absolute atomic E-state index is 0.0368. The molecule has 0 radical (unpaired) electrons. The number of urea groups is 1. The molecule has 2 aliphatic heterocycles. The summed E-state index contributed by atoms with van der Waals surface area (Å²) in [6.07, 6.45) is 2.26. The summed E-state index contributed by atoms with van der Waals surface area (Å²) < 4.78 is 42.4. The third-order valence-electron chi connectivity index (χ3n) is 5.37. The smallest absolute Gasteiger partial charge is 0.315 e. The molecule has 29 heavy (non-hydrogen) atoms. The van der Waals surface area contributed by atoms with E-state index in [1.165, 1.54) is 24.3 Å². The largest absolute Gasteiger partial charge is 0.356 e. The summed E-state index contributed by atoms with van der Waals surface area (Å²) in [4.78, 5) is 14.1. The molecule has 1 fully saturated rings. The Labute approximate surface area is 171 Å². The van der Waals surface area contributed by atoms with Crippen LogP contribution in [0.1, 0.15) is 45.6 Å². The molecule has 2 aliphatic rings. The van der Waals surface area contributed by atoms with Crippen molar-refractivity contribution in [1.29, 1.82) is 0 Å². The van der Waals surface area contributed by atoms with E-state index in [0.29, 0.717) is 42.9 Å². The van der Waals surface area contributed by atoms with Crippen molar-refractivity contribution in [3.8, 4) is 0 Å². The first-order valence-electron chi connectivity index (χ1n) is 9.85. The quantitative estimate of drug-likeness (QED) is 0.781. The standard InChI is InChI=1S/C20H27FN4O3S/c1-4-13(2)22-20(26)23-17-9-11-25(12-10-17)19-14(3)18(29(27,28)24-19)15-5-7-16(21)8-6-15/h5-8,13,17H,4,9-12H2,1-3H3,(H2,22,23,26). The van der Waals surface area contributed by atoms with Crippen molar-refractivity contribution in [1.82, 2.24) is 15.5 Å². The maximum atomic E-state index is 13.2. The second-order valence-corrected chi connectivity index (χ2v) is 9.08. The van der Waals surface area contributed by atoms with Gasteiger partial charge in [0, 0.05) is 30.7 Å². The van der Waals surface area contributed by atoms with Crippen LogP contribution in [0, 0.1) is 5.82 Å². The van der Waals surface area contributed by atoms with Gasteiger partial charge in [-0.2, -0.15) is 8.42 Å². The number of carbonyl (C=O) groups excluding carboxylic acids is 1. The molecule has 2 amide bonds. The predicted molar refractivity (Wildman–Crippen MR) is 111 cm³/mol. The molecule has 9 heteroatoms. The van der Waals surface area contributed by atoms with Gasteiger partial charge in [0.2, 0.25) is 0 Å². The van der Waals surface area contributed by atoms with Gasteiger partial charge in [0.25, 0.3) is 10.0 Å². The van der Waals surface area contributed by atoms with Gasteiger partial charge < -0.3 is 15.5 Å². The van der Waals surface area contributed by atoms with E-state index in [2.05, 4.69) is 15.0 Å². The van der Waals surface area contributed by atoms with E-state index in [4.69, 9.17) is 0 Å². The molecule has 1 saturated heterocycles. The van der Waals surface area contributed by atoms with Gasteiger partial charge in [-0.1, -0.05) is 19.1 Å². The Bertz CT molecular complexity index is 933. The van der Waals surface area contributed by atoms with Crippen LogP contribution in [0.5, 0.6) is 0 Å². The van der Waals surface area contributed by atoms with Crippen LogP contribution >= 0.6 is 0 Å². The molecule has 0 aliphatic carbocycles. The summed E-state index contributed by atoms with van der Waals surface area (Å²) in [5, 5.41) is 5.87. The summed E-state index contributed by atoms with van der Waals surface area (Å²) >= 11 is 0. The number of amidine groups is 1. The zero-order chi connectivity index (χ0) is 21.2. The first-order chi connectivity index (χ1) is 13.7. The number of nitrogens with zero attached hydrogens (tertiary/aromatic N) is 2. The van der Waals surface area contributed by atoms with E-state index < -0.39 is 15.8 Å². The lowest BCUT2D eigenvalue weighted by atomic mass is 10.0. The molecule has 1 unspecified atom stereocenters. The van der Waals surface area contributed by atoms with Crippen LogP contribution in [-0.4, -0.2) is 50.4 Å². The zero-order valence-corrected chi connectivity index (χ0v) is 17.7. The molecular weight excluding hydrogens is 395 g/mol. The summed E-state index contributed by atoms with van der Waals surface area (Å²) in [5.74, 6) is 0.0160. The molecule has 0 saturated carbocycles. The lowest BCUT2D eigenvalue weighted by Crippen LogP contribution is -2.50. The highest BCUT2D eigenvalue weighted by molar-refractivity contribution is 8.00. The van der Waals surface area contributed by atoms with E-state index in [0.717, 1.165) is 6.42 Å². The van der Waals surface area contributed by atoms with Gasteiger partial charge in [-0.3, -0.25) is 0 Å². The van der Waals surface area contributed by atoms with Gasteiger partial charge in [0.05, 0.1) is 0 Å². The van der Waals surface area contributed by atoms with Gasteiger partial charge in [-0.15, -0.1) is 4.40 Å². The fourth-order valence-electron chi connectivity index (χ4n) is 3.57. The molecular formula is C20H27FN4O3S. The summed E-state index contributed by atoms with van der Waals surface area (Å²) in [6, 6.07) is 5.37. The number of halogens is 1. The van der Waals surface area contributed by atoms with Crippen molar-refractivity contribution in [2.75, 3.05) is 13.1 Å². The maximum Gasteiger partial charge on any atom is 0.315 e.